The number of benzene rings is 2. The van der Waals surface area contributed by atoms with E-state index >= 15 is 0 Å². The topological polar surface area (TPSA) is 50.8 Å². The van der Waals surface area contributed by atoms with Crippen molar-refractivity contribution in [1.82, 2.24) is 0 Å². The van der Waals surface area contributed by atoms with Crippen LogP contribution in [0.5, 0.6) is 11.5 Å². The van der Waals surface area contributed by atoms with E-state index in [4.69, 9.17) is 21.1 Å². The van der Waals surface area contributed by atoms with Gasteiger partial charge in [0, 0.05) is 31.3 Å². The third kappa shape index (κ3) is 3.92. The number of fused-ring (bicyclic) bond motifs is 1. The van der Waals surface area contributed by atoms with Gasteiger partial charge in [0.2, 0.25) is 5.91 Å². The van der Waals surface area contributed by atoms with Crippen LogP contribution in [0.4, 0.5) is 11.4 Å². The van der Waals surface area contributed by atoms with Gasteiger partial charge in [0.15, 0.2) is 11.5 Å². The molecule has 0 radical (unpaired) electrons. The number of carbonyl (C=O) groups excluding carboxylic acids is 1. The molecule has 0 unspecified atom stereocenters. The van der Waals surface area contributed by atoms with Gasteiger partial charge in [-0.3, -0.25) is 4.79 Å². The van der Waals surface area contributed by atoms with Crippen molar-refractivity contribution >= 4 is 28.9 Å². The largest absolute Gasteiger partial charge is 0.490 e. The summed E-state index contributed by atoms with van der Waals surface area (Å²) < 4.78 is 11.2. The lowest BCUT2D eigenvalue weighted by atomic mass is 10.2. The number of anilines is 2. The van der Waals surface area contributed by atoms with E-state index in [1.165, 1.54) is 0 Å². The lowest BCUT2D eigenvalue weighted by Gasteiger charge is -2.19. The first-order valence-corrected chi connectivity index (χ1v) is 8.16. The molecule has 1 N–H and O–H groups in total. The second-order valence-corrected chi connectivity index (χ2v) is 5.98. The molecular formula is C18H19ClN2O3. The van der Waals surface area contributed by atoms with Gasteiger partial charge in [-0.05, 0) is 12.1 Å². The molecule has 1 aliphatic rings. The molecule has 1 heterocycles. The smallest absolute Gasteiger partial charge is 0.243 e. The van der Waals surface area contributed by atoms with Crippen molar-refractivity contribution < 1.29 is 14.3 Å². The second-order valence-electron chi connectivity index (χ2n) is 5.57. The van der Waals surface area contributed by atoms with Crippen LogP contribution in [0.2, 0.25) is 5.02 Å². The highest BCUT2D eigenvalue weighted by atomic mass is 35.5. The molecule has 0 aliphatic carbocycles. The predicted molar refractivity (Wildman–Crippen MR) is 95.4 cm³/mol. The van der Waals surface area contributed by atoms with Gasteiger partial charge < -0.3 is 19.7 Å². The van der Waals surface area contributed by atoms with Crippen LogP contribution in [-0.2, 0) is 4.79 Å². The molecule has 6 heteroatoms. The van der Waals surface area contributed by atoms with Crippen LogP contribution in [0.15, 0.2) is 42.5 Å². The number of ether oxygens (including phenoxy) is 2. The van der Waals surface area contributed by atoms with Crippen LogP contribution < -0.4 is 19.7 Å². The number of likely N-dealkylation sites (N-methyl/N-ethyl adjacent to an activating group) is 1. The predicted octanol–water partition coefficient (Wildman–Crippen LogP) is 3.58. The first kappa shape index (κ1) is 16.5. The molecule has 0 saturated carbocycles. The molecule has 1 aliphatic heterocycles. The van der Waals surface area contributed by atoms with E-state index in [0.29, 0.717) is 35.4 Å². The van der Waals surface area contributed by atoms with Gasteiger partial charge >= 0.3 is 0 Å². The summed E-state index contributed by atoms with van der Waals surface area (Å²) in [4.78, 5) is 14.2. The number of nitrogens with zero attached hydrogens (tertiary/aromatic N) is 1. The molecule has 0 fully saturated rings. The molecule has 126 valence electrons. The van der Waals surface area contributed by atoms with Crippen molar-refractivity contribution in [2.24, 2.45) is 0 Å². The number of hydrogen-bond donors (Lipinski definition) is 1. The number of para-hydroxylation sites is 1. The highest BCUT2D eigenvalue weighted by molar-refractivity contribution is 6.34. The maximum absolute atomic E-state index is 12.3. The number of carbonyl (C=O) groups is 1. The van der Waals surface area contributed by atoms with Crippen molar-refractivity contribution in [1.29, 1.82) is 0 Å². The molecule has 1 amide bonds. The third-order valence-corrected chi connectivity index (χ3v) is 4.00. The van der Waals surface area contributed by atoms with Crippen LogP contribution in [0.25, 0.3) is 0 Å². The molecule has 2 aromatic rings. The Kier molecular flexibility index (Phi) is 5.11. The molecule has 0 spiro atoms. The van der Waals surface area contributed by atoms with Gasteiger partial charge in [0.05, 0.1) is 30.5 Å². The highest BCUT2D eigenvalue weighted by Gasteiger charge is 2.16. The standard InChI is InChI=1S/C18H19ClN2O3/c1-21(13-6-3-2-4-7-13)12-18(22)20-15-11-17-16(10-14(15)19)23-8-5-9-24-17/h2-4,6-7,10-11H,5,8-9,12H2,1H3,(H,20,22). The average Bonchev–Trinajstić information content (AvgIpc) is 2.81. The highest BCUT2D eigenvalue weighted by Crippen LogP contribution is 2.37. The lowest BCUT2D eigenvalue weighted by Crippen LogP contribution is -2.30. The minimum Gasteiger partial charge on any atom is -0.490 e. The van der Waals surface area contributed by atoms with Crippen LogP contribution in [-0.4, -0.2) is 32.7 Å². The van der Waals surface area contributed by atoms with Crippen molar-refractivity contribution in [3.8, 4) is 11.5 Å². The molecule has 0 aromatic heterocycles. The minimum atomic E-state index is -0.155. The first-order valence-electron chi connectivity index (χ1n) is 7.78. The normalized spacial score (nSPS) is 13.1. The Morgan fingerprint density at radius 2 is 1.83 bits per heavy atom. The zero-order chi connectivity index (χ0) is 16.9. The Balaban J connectivity index is 1.69. The maximum atomic E-state index is 12.3. The quantitative estimate of drug-likeness (QED) is 0.919. The average molecular weight is 347 g/mol. The summed E-state index contributed by atoms with van der Waals surface area (Å²) in [5, 5.41) is 3.26. The summed E-state index contributed by atoms with van der Waals surface area (Å²) in [5.41, 5.74) is 1.49. The zero-order valence-corrected chi connectivity index (χ0v) is 14.2. The molecule has 0 saturated heterocycles. The fourth-order valence-electron chi connectivity index (χ4n) is 2.46. The minimum absolute atomic E-state index is 0.155. The summed E-state index contributed by atoms with van der Waals surface area (Å²) in [6.07, 6.45) is 0.815. The van der Waals surface area contributed by atoms with E-state index in [1.54, 1.807) is 12.1 Å². The number of amides is 1. The molecule has 3 rings (SSSR count). The van der Waals surface area contributed by atoms with Crippen molar-refractivity contribution in [2.45, 2.75) is 6.42 Å². The van der Waals surface area contributed by atoms with Gasteiger partial charge in [0.1, 0.15) is 0 Å². The summed E-state index contributed by atoms with van der Waals surface area (Å²) in [5.74, 6) is 1.05. The van der Waals surface area contributed by atoms with Crippen molar-refractivity contribution in [3.05, 3.63) is 47.5 Å². The summed E-state index contributed by atoms with van der Waals surface area (Å²) >= 11 is 6.25. The van der Waals surface area contributed by atoms with E-state index < -0.39 is 0 Å². The molecule has 5 nitrogen and oxygen atoms in total. The van der Waals surface area contributed by atoms with Crippen molar-refractivity contribution in [3.63, 3.8) is 0 Å². The first-order chi connectivity index (χ1) is 11.6. The number of hydrogen-bond acceptors (Lipinski definition) is 4. The summed E-state index contributed by atoms with van der Waals surface area (Å²) in [6, 6.07) is 13.1. The van der Waals surface area contributed by atoms with E-state index in [-0.39, 0.29) is 12.5 Å². The van der Waals surface area contributed by atoms with E-state index in [9.17, 15) is 4.79 Å². The number of halogens is 1. The monoisotopic (exact) mass is 346 g/mol. The van der Waals surface area contributed by atoms with Gasteiger partial charge in [0.25, 0.3) is 0 Å². The number of rotatable bonds is 4. The molecule has 24 heavy (non-hydrogen) atoms. The van der Waals surface area contributed by atoms with Gasteiger partial charge in [-0.2, -0.15) is 0 Å². The van der Waals surface area contributed by atoms with Crippen molar-refractivity contribution in [2.75, 3.05) is 37.0 Å². The zero-order valence-electron chi connectivity index (χ0n) is 13.4. The van der Waals surface area contributed by atoms with E-state index in [0.717, 1.165) is 12.1 Å². The fourth-order valence-corrected chi connectivity index (χ4v) is 2.66. The van der Waals surface area contributed by atoms with E-state index in [2.05, 4.69) is 5.32 Å². The molecule has 0 bridgehead atoms. The van der Waals surface area contributed by atoms with Crippen LogP contribution in [0.1, 0.15) is 6.42 Å². The Bertz CT molecular complexity index is 722. The van der Waals surface area contributed by atoms with Gasteiger partial charge in [-0.1, -0.05) is 29.8 Å². The van der Waals surface area contributed by atoms with Crippen LogP contribution in [0.3, 0.4) is 0 Å². The SMILES string of the molecule is CN(CC(=O)Nc1cc2c(cc1Cl)OCCCO2)c1ccccc1. The molecular weight excluding hydrogens is 328 g/mol. The molecule has 0 atom stereocenters. The van der Waals surface area contributed by atoms with Crippen LogP contribution >= 0.6 is 11.6 Å². The second kappa shape index (κ2) is 7.45. The van der Waals surface area contributed by atoms with Crippen LogP contribution in [0, 0.1) is 0 Å². The fraction of sp³-hybridized carbons (Fsp3) is 0.278. The Hall–Kier alpha value is -2.40. The lowest BCUT2D eigenvalue weighted by molar-refractivity contribution is -0.114. The van der Waals surface area contributed by atoms with Gasteiger partial charge in [-0.15, -0.1) is 0 Å². The Morgan fingerprint density at radius 3 is 2.54 bits per heavy atom. The number of nitrogens with one attached hydrogen (secondary N) is 1. The third-order valence-electron chi connectivity index (χ3n) is 3.69. The Labute approximate surface area is 146 Å². The maximum Gasteiger partial charge on any atom is 0.243 e. The van der Waals surface area contributed by atoms with E-state index in [1.807, 2.05) is 42.3 Å². The summed E-state index contributed by atoms with van der Waals surface area (Å²) in [6.45, 7) is 1.39. The van der Waals surface area contributed by atoms with Gasteiger partial charge in [-0.25, -0.2) is 0 Å². The summed E-state index contributed by atoms with van der Waals surface area (Å²) in [7, 11) is 1.87. The Morgan fingerprint density at radius 1 is 1.17 bits per heavy atom. The molecule has 2 aromatic carbocycles.